The van der Waals surface area contributed by atoms with Crippen LogP contribution in [0.25, 0.3) is 10.9 Å². The van der Waals surface area contributed by atoms with Gasteiger partial charge in [-0.3, -0.25) is 0 Å². The lowest BCUT2D eigenvalue weighted by atomic mass is 9.85. The van der Waals surface area contributed by atoms with E-state index in [1.807, 2.05) is 6.07 Å². The zero-order valence-electron chi connectivity index (χ0n) is 13.3. The highest BCUT2D eigenvalue weighted by Gasteiger charge is 2.50. The second kappa shape index (κ2) is 4.33. The summed E-state index contributed by atoms with van der Waals surface area (Å²) in [4.78, 5) is 3.69. The minimum atomic E-state index is 0.174. The molecular weight excluding hydrogens is 300 g/mol. The molecule has 1 aliphatic carbocycles. The predicted molar refractivity (Wildman–Crippen MR) is 91.6 cm³/mol. The largest absolute Gasteiger partial charge is 0.454 e. The number of rotatable bonds is 1. The van der Waals surface area contributed by atoms with E-state index < -0.39 is 0 Å². The van der Waals surface area contributed by atoms with E-state index in [1.165, 1.54) is 40.6 Å². The van der Waals surface area contributed by atoms with Crippen molar-refractivity contribution in [2.75, 3.05) is 13.3 Å². The molecule has 1 fully saturated rings. The molecule has 2 aromatic carbocycles. The number of H-pyrrole nitrogens is 1. The van der Waals surface area contributed by atoms with Crippen LogP contribution in [-0.2, 0) is 5.41 Å². The monoisotopic (exact) mass is 318 g/mol. The van der Waals surface area contributed by atoms with Gasteiger partial charge in [0, 0.05) is 28.6 Å². The highest BCUT2D eigenvalue weighted by molar-refractivity contribution is 5.87. The Labute approximate surface area is 139 Å². The third kappa shape index (κ3) is 1.61. The summed E-state index contributed by atoms with van der Waals surface area (Å²) in [6, 6.07) is 15.1. The van der Waals surface area contributed by atoms with E-state index in [2.05, 4.69) is 46.7 Å². The van der Waals surface area contributed by atoms with Crippen LogP contribution in [0.4, 0.5) is 0 Å². The Bertz CT molecular complexity index is 971. The van der Waals surface area contributed by atoms with E-state index in [1.54, 1.807) is 0 Å². The first kappa shape index (κ1) is 12.9. The van der Waals surface area contributed by atoms with Crippen molar-refractivity contribution < 1.29 is 9.47 Å². The van der Waals surface area contributed by atoms with Crippen LogP contribution in [0.2, 0.25) is 0 Å². The number of hydrogen-bond acceptors (Lipinski definition) is 3. The van der Waals surface area contributed by atoms with Crippen LogP contribution in [-0.4, -0.2) is 18.3 Å². The van der Waals surface area contributed by atoms with E-state index in [0.29, 0.717) is 12.2 Å². The number of hydrogen-bond donors (Lipinski definition) is 2. The molecule has 2 aliphatic heterocycles. The Morgan fingerprint density at radius 1 is 1.00 bits per heavy atom. The van der Waals surface area contributed by atoms with Gasteiger partial charge >= 0.3 is 0 Å². The number of ether oxygens (including phenoxy) is 2. The molecule has 24 heavy (non-hydrogen) atoms. The van der Waals surface area contributed by atoms with Gasteiger partial charge in [-0.1, -0.05) is 24.3 Å². The highest BCUT2D eigenvalue weighted by atomic mass is 16.7. The van der Waals surface area contributed by atoms with Gasteiger partial charge in [0.05, 0.1) is 6.04 Å². The number of para-hydroxylation sites is 1. The van der Waals surface area contributed by atoms with Gasteiger partial charge in [0.2, 0.25) is 6.79 Å². The maximum Gasteiger partial charge on any atom is 0.231 e. The molecule has 120 valence electrons. The fourth-order valence-corrected chi connectivity index (χ4v) is 4.39. The second-order valence-corrected chi connectivity index (χ2v) is 7.17. The van der Waals surface area contributed by atoms with E-state index in [0.717, 1.165) is 18.0 Å². The highest BCUT2D eigenvalue weighted by Crippen LogP contribution is 2.55. The normalized spacial score (nSPS) is 22.8. The van der Waals surface area contributed by atoms with Crippen LogP contribution in [0.5, 0.6) is 11.5 Å². The quantitative estimate of drug-likeness (QED) is 0.720. The molecule has 0 amide bonds. The SMILES string of the molecule is c1ccc2c3c([nH]c2c1)C(c1ccc2c(c1)OCO2)NCC31CC1. The molecule has 1 saturated carbocycles. The van der Waals surface area contributed by atoms with Gasteiger partial charge in [-0.2, -0.15) is 0 Å². The van der Waals surface area contributed by atoms with Crippen molar-refractivity contribution in [3.05, 3.63) is 59.3 Å². The van der Waals surface area contributed by atoms with Crippen LogP contribution in [0.3, 0.4) is 0 Å². The first-order chi connectivity index (χ1) is 11.8. The van der Waals surface area contributed by atoms with E-state index in [-0.39, 0.29) is 6.04 Å². The van der Waals surface area contributed by atoms with Crippen LogP contribution < -0.4 is 14.8 Å². The van der Waals surface area contributed by atoms with Crippen LogP contribution in [0, 0.1) is 0 Å². The van der Waals surface area contributed by atoms with E-state index >= 15 is 0 Å². The summed E-state index contributed by atoms with van der Waals surface area (Å²) >= 11 is 0. The predicted octanol–water partition coefficient (Wildman–Crippen LogP) is 3.62. The van der Waals surface area contributed by atoms with Crippen molar-refractivity contribution in [2.24, 2.45) is 0 Å². The van der Waals surface area contributed by atoms with E-state index in [9.17, 15) is 0 Å². The van der Waals surface area contributed by atoms with Gasteiger partial charge in [-0.05, 0) is 42.2 Å². The lowest BCUT2D eigenvalue weighted by Crippen LogP contribution is -2.37. The molecule has 1 aromatic heterocycles. The Morgan fingerprint density at radius 2 is 1.88 bits per heavy atom. The molecule has 0 radical (unpaired) electrons. The van der Waals surface area contributed by atoms with Crippen molar-refractivity contribution >= 4 is 10.9 Å². The average molecular weight is 318 g/mol. The molecule has 0 saturated heterocycles. The van der Waals surface area contributed by atoms with E-state index in [4.69, 9.17) is 9.47 Å². The summed E-state index contributed by atoms with van der Waals surface area (Å²) in [6.07, 6.45) is 2.56. The Balaban J connectivity index is 1.55. The zero-order valence-corrected chi connectivity index (χ0v) is 13.3. The maximum absolute atomic E-state index is 5.57. The number of nitrogens with one attached hydrogen (secondary N) is 2. The minimum absolute atomic E-state index is 0.174. The van der Waals surface area contributed by atoms with Crippen molar-refractivity contribution in [2.45, 2.75) is 24.3 Å². The first-order valence-electron chi connectivity index (χ1n) is 8.58. The number of aromatic amines is 1. The molecule has 2 N–H and O–H groups in total. The van der Waals surface area contributed by atoms with Crippen LogP contribution >= 0.6 is 0 Å². The molecule has 3 aromatic rings. The summed E-state index contributed by atoms with van der Waals surface area (Å²) in [5.41, 5.74) is 5.64. The van der Waals surface area contributed by atoms with Crippen molar-refractivity contribution in [1.29, 1.82) is 0 Å². The first-order valence-corrected chi connectivity index (χ1v) is 8.58. The lowest BCUT2D eigenvalue weighted by Gasteiger charge is -2.31. The standard InChI is InChI=1S/C20H18N2O2/c1-2-4-14-13(3-1)17-19(22-14)18(21-10-20(17)7-8-20)12-5-6-15-16(9-12)24-11-23-15/h1-6,9,18,21-22H,7-8,10-11H2. The number of fused-ring (bicyclic) bond motifs is 5. The molecule has 6 rings (SSSR count). The average Bonchev–Trinajstić information content (AvgIpc) is 3.07. The molecule has 0 bridgehead atoms. The third-order valence-electron chi connectivity index (χ3n) is 5.78. The minimum Gasteiger partial charge on any atom is -0.454 e. The molecule has 1 unspecified atom stereocenters. The van der Waals surface area contributed by atoms with Crippen molar-refractivity contribution in [1.82, 2.24) is 10.3 Å². The summed E-state index contributed by atoms with van der Waals surface area (Å²) < 4.78 is 11.0. The summed E-state index contributed by atoms with van der Waals surface area (Å²) in [6.45, 7) is 1.36. The second-order valence-electron chi connectivity index (χ2n) is 7.17. The zero-order chi connectivity index (χ0) is 15.7. The fraction of sp³-hybridized carbons (Fsp3) is 0.300. The van der Waals surface area contributed by atoms with Gasteiger partial charge in [0.1, 0.15) is 0 Å². The summed E-state index contributed by atoms with van der Waals surface area (Å²) in [5.74, 6) is 1.68. The summed E-state index contributed by atoms with van der Waals surface area (Å²) in [7, 11) is 0. The van der Waals surface area contributed by atoms with Crippen molar-refractivity contribution in [3.63, 3.8) is 0 Å². The molecule has 1 spiro atoms. The lowest BCUT2D eigenvalue weighted by molar-refractivity contribution is 0.174. The third-order valence-corrected chi connectivity index (χ3v) is 5.78. The number of aromatic nitrogens is 1. The topological polar surface area (TPSA) is 46.3 Å². The van der Waals surface area contributed by atoms with Crippen molar-refractivity contribution in [3.8, 4) is 11.5 Å². The molecule has 3 aliphatic rings. The molecule has 1 atom stereocenters. The Kier molecular flexibility index (Phi) is 2.33. The van der Waals surface area contributed by atoms with Gasteiger partial charge in [-0.25, -0.2) is 0 Å². The maximum atomic E-state index is 5.57. The molecular formula is C20H18N2O2. The smallest absolute Gasteiger partial charge is 0.231 e. The molecule has 4 heteroatoms. The van der Waals surface area contributed by atoms with Crippen LogP contribution in [0.15, 0.2) is 42.5 Å². The van der Waals surface area contributed by atoms with Gasteiger partial charge in [0.25, 0.3) is 0 Å². The van der Waals surface area contributed by atoms with Crippen LogP contribution in [0.1, 0.15) is 35.7 Å². The molecule has 4 nitrogen and oxygen atoms in total. The Morgan fingerprint density at radius 3 is 2.79 bits per heavy atom. The van der Waals surface area contributed by atoms with Gasteiger partial charge in [0.15, 0.2) is 11.5 Å². The van der Waals surface area contributed by atoms with Gasteiger partial charge in [-0.15, -0.1) is 0 Å². The number of benzene rings is 2. The Hall–Kier alpha value is -2.46. The summed E-state index contributed by atoms with van der Waals surface area (Å²) in [5, 5.41) is 5.16. The fourth-order valence-electron chi connectivity index (χ4n) is 4.39. The molecule has 3 heterocycles. The van der Waals surface area contributed by atoms with Gasteiger partial charge < -0.3 is 19.8 Å².